The second kappa shape index (κ2) is 4.14. The molecule has 4 heteroatoms. The van der Waals surface area contributed by atoms with E-state index in [9.17, 15) is 0 Å². The van der Waals surface area contributed by atoms with Crippen LogP contribution in [0.3, 0.4) is 0 Å². The van der Waals surface area contributed by atoms with Crippen molar-refractivity contribution >= 4 is 5.90 Å². The van der Waals surface area contributed by atoms with Gasteiger partial charge in [0.15, 0.2) is 0 Å². The van der Waals surface area contributed by atoms with E-state index >= 15 is 0 Å². The molecular weight excluding hydrogens is 120 g/mol. The van der Waals surface area contributed by atoms with Crippen LogP contribution in [-0.2, 0) is 4.74 Å². The average Bonchev–Trinajstić information content (AvgIpc) is 1.82. The molecule has 0 aliphatic heterocycles. The Hall–Kier alpha value is -0.770. The second-order valence-electron chi connectivity index (χ2n) is 1.66. The number of rotatable bonds is 2. The van der Waals surface area contributed by atoms with Crippen molar-refractivity contribution in [2.24, 2.45) is 10.9 Å². The molecule has 1 unspecified atom stereocenters. The minimum absolute atomic E-state index is 0.178. The van der Waals surface area contributed by atoms with E-state index in [2.05, 4.69) is 5.16 Å². The topological polar surface area (TPSA) is 67.8 Å². The van der Waals surface area contributed by atoms with Crippen LogP contribution >= 0.6 is 0 Å². The summed E-state index contributed by atoms with van der Waals surface area (Å²) < 4.78 is 4.83. The van der Waals surface area contributed by atoms with Crippen molar-refractivity contribution in [3.05, 3.63) is 0 Å². The third-order valence-electron chi connectivity index (χ3n) is 0.780. The number of nitrogens with zero attached hydrogens (tertiary/aromatic N) is 1. The van der Waals surface area contributed by atoms with E-state index in [4.69, 9.17) is 15.7 Å². The molecule has 4 nitrogen and oxygen atoms in total. The van der Waals surface area contributed by atoms with Gasteiger partial charge in [0, 0.05) is 0 Å². The zero-order valence-electron chi connectivity index (χ0n) is 5.66. The smallest absolute Gasteiger partial charge is 0.242 e. The van der Waals surface area contributed by atoms with Crippen molar-refractivity contribution < 1.29 is 9.94 Å². The molecule has 0 heterocycles. The Bertz CT molecular complexity index is 101. The lowest BCUT2D eigenvalue weighted by Gasteiger charge is -2.06. The molecule has 0 bridgehead atoms. The van der Waals surface area contributed by atoms with E-state index in [0.717, 1.165) is 0 Å². The van der Waals surface area contributed by atoms with Crippen molar-refractivity contribution in [3.63, 3.8) is 0 Å². The first-order valence-corrected chi connectivity index (χ1v) is 2.82. The minimum atomic E-state index is -0.338. The molecule has 9 heavy (non-hydrogen) atoms. The van der Waals surface area contributed by atoms with E-state index in [1.54, 1.807) is 13.8 Å². The molecule has 0 spiro atoms. The van der Waals surface area contributed by atoms with E-state index in [1.807, 2.05) is 0 Å². The van der Waals surface area contributed by atoms with Crippen molar-refractivity contribution in [2.45, 2.75) is 19.9 Å². The van der Waals surface area contributed by atoms with E-state index in [0.29, 0.717) is 6.61 Å². The lowest BCUT2D eigenvalue weighted by atomic mass is 10.4. The molecule has 0 fully saturated rings. The number of hydrogen-bond acceptors (Lipinski definition) is 4. The molecule has 0 rings (SSSR count). The average molecular weight is 132 g/mol. The lowest BCUT2D eigenvalue weighted by molar-refractivity contribution is 0.254. The number of hydrogen-bond donors (Lipinski definition) is 2. The molecule has 1 atom stereocenters. The van der Waals surface area contributed by atoms with E-state index in [-0.39, 0.29) is 11.9 Å². The first-order chi connectivity index (χ1) is 4.22. The predicted octanol–water partition coefficient (Wildman–Crippen LogP) is 0.158. The highest BCUT2D eigenvalue weighted by atomic mass is 16.5. The third kappa shape index (κ3) is 2.92. The minimum Gasteiger partial charge on any atom is -0.478 e. The van der Waals surface area contributed by atoms with Gasteiger partial charge in [-0.2, -0.15) is 0 Å². The highest BCUT2D eigenvalue weighted by Crippen LogP contribution is 1.85. The van der Waals surface area contributed by atoms with Crippen molar-refractivity contribution in [1.82, 2.24) is 0 Å². The summed E-state index contributed by atoms with van der Waals surface area (Å²) in [5.74, 6) is 0.178. The maximum Gasteiger partial charge on any atom is 0.242 e. The highest BCUT2D eigenvalue weighted by Gasteiger charge is 2.04. The lowest BCUT2D eigenvalue weighted by Crippen LogP contribution is -2.28. The zero-order valence-corrected chi connectivity index (χ0v) is 5.66. The first kappa shape index (κ1) is 8.23. The van der Waals surface area contributed by atoms with Gasteiger partial charge in [-0.25, -0.2) is 0 Å². The Morgan fingerprint density at radius 3 is 2.56 bits per heavy atom. The molecule has 3 N–H and O–H groups in total. The molecule has 0 aromatic carbocycles. The maximum absolute atomic E-state index is 8.21. The summed E-state index contributed by atoms with van der Waals surface area (Å²) in [5, 5.41) is 11.1. The molecule has 0 saturated carbocycles. The number of oxime groups is 1. The normalized spacial score (nSPS) is 15.2. The van der Waals surface area contributed by atoms with Crippen LogP contribution in [0.25, 0.3) is 0 Å². The van der Waals surface area contributed by atoms with Gasteiger partial charge in [-0.3, -0.25) is 0 Å². The van der Waals surface area contributed by atoms with Crippen LogP contribution in [0.5, 0.6) is 0 Å². The molecule has 0 aromatic heterocycles. The summed E-state index contributed by atoms with van der Waals surface area (Å²) in [5.41, 5.74) is 5.32. The van der Waals surface area contributed by atoms with Crippen LogP contribution < -0.4 is 5.73 Å². The van der Waals surface area contributed by atoms with Crippen LogP contribution in [0.1, 0.15) is 13.8 Å². The van der Waals surface area contributed by atoms with Gasteiger partial charge in [0.25, 0.3) is 0 Å². The molecule has 0 saturated heterocycles. The molecular formula is C5H12N2O2. The monoisotopic (exact) mass is 132 g/mol. The maximum atomic E-state index is 8.21. The van der Waals surface area contributed by atoms with Gasteiger partial charge in [0.05, 0.1) is 12.6 Å². The SMILES string of the molecule is CCO/C(=N/O)C(C)N. The Morgan fingerprint density at radius 2 is 2.44 bits per heavy atom. The summed E-state index contributed by atoms with van der Waals surface area (Å²) >= 11 is 0. The van der Waals surface area contributed by atoms with Gasteiger partial charge in [-0.1, -0.05) is 5.16 Å². The van der Waals surface area contributed by atoms with Gasteiger partial charge >= 0.3 is 0 Å². The van der Waals surface area contributed by atoms with Crippen molar-refractivity contribution in [1.29, 1.82) is 0 Å². The fourth-order valence-corrected chi connectivity index (χ4v) is 0.399. The fraction of sp³-hybridized carbons (Fsp3) is 0.800. The van der Waals surface area contributed by atoms with Gasteiger partial charge in [0.1, 0.15) is 0 Å². The van der Waals surface area contributed by atoms with E-state index in [1.165, 1.54) is 0 Å². The number of ether oxygens (including phenoxy) is 1. The zero-order chi connectivity index (χ0) is 7.28. The highest BCUT2D eigenvalue weighted by molar-refractivity contribution is 5.80. The third-order valence-corrected chi connectivity index (χ3v) is 0.780. The van der Waals surface area contributed by atoms with Crippen molar-refractivity contribution in [2.75, 3.05) is 6.61 Å². The summed E-state index contributed by atoms with van der Waals surface area (Å²) in [6.45, 7) is 3.96. The second-order valence-corrected chi connectivity index (χ2v) is 1.66. The largest absolute Gasteiger partial charge is 0.478 e. The first-order valence-electron chi connectivity index (χ1n) is 2.82. The van der Waals surface area contributed by atoms with Gasteiger partial charge in [-0.05, 0) is 13.8 Å². The Balaban J connectivity index is 3.70. The van der Waals surface area contributed by atoms with Gasteiger partial charge in [0.2, 0.25) is 5.90 Å². The van der Waals surface area contributed by atoms with Crippen LogP contribution in [0.4, 0.5) is 0 Å². The molecule has 0 aromatic rings. The molecule has 0 aliphatic carbocycles. The van der Waals surface area contributed by atoms with Gasteiger partial charge in [-0.15, -0.1) is 0 Å². The van der Waals surface area contributed by atoms with Gasteiger partial charge < -0.3 is 15.7 Å². The Labute approximate surface area is 54.3 Å². The number of nitrogens with two attached hydrogens (primary N) is 1. The molecule has 0 amide bonds. The fourth-order valence-electron chi connectivity index (χ4n) is 0.399. The predicted molar refractivity (Wildman–Crippen MR) is 34.5 cm³/mol. The van der Waals surface area contributed by atoms with E-state index < -0.39 is 0 Å². The van der Waals surface area contributed by atoms with Crippen molar-refractivity contribution in [3.8, 4) is 0 Å². The quantitative estimate of drug-likeness (QED) is 0.243. The standard InChI is InChI=1S/C5H12N2O2/c1-3-9-5(7-8)4(2)6/h4,8H,3,6H2,1-2H3/b7-5+. The Morgan fingerprint density at radius 1 is 1.89 bits per heavy atom. The van der Waals surface area contributed by atoms with Crippen LogP contribution in [0.2, 0.25) is 0 Å². The van der Waals surface area contributed by atoms with Crippen LogP contribution in [0, 0.1) is 0 Å². The molecule has 54 valence electrons. The molecule has 0 aliphatic rings. The summed E-state index contributed by atoms with van der Waals surface area (Å²) in [4.78, 5) is 0. The summed E-state index contributed by atoms with van der Waals surface area (Å²) in [7, 11) is 0. The van der Waals surface area contributed by atoms with Crippen LogP contribution in [0.15, 0.2) is 5.16 Å². The summed E-state index contributed by atoms with van der Waals surface area (Å²) in [6, 6.07) is -0.338. The Kier molecular flexibility index (Phi) is 3.79. The summed E-state index contributed by atoms with van der Waals surface area (Å²) in [6.07, 6.45) is 0. The van der Waals surface area contributed by atoms with Crippen LogP contribution in [-0.4, -0.2) is 23.8 Å². The molecule has 0 radical (unpaired) electrons.